The second-order valence-corrected chi connectivity index (χ2v) is 7.44. The number of alkyl halides is 3. The summed E-state index contributed by atoms with van der Waals surface area (Å²) in [5.41, 5.74) is -0.146. The molecule has 0 bridgehead atoms. The third kappa shape index (κ3) is 4.94. The molecule has 0 heterocycles. The molecule has 2 aromatic rings. The summed E-state index contributed by atoms with van der Waals surface area (Å²) in [6.45, 7) is -1.02. The van der Waals surface area contributed by atoms with Crippen LogP contribution in [-0.2, 0) is 10.0 Å². The molecule has 0 radical (unpaired) electrons. The Bertz CT molecular complexity index is 796. The molecule has 2 N–H and O–H groups in total. The fourth-order valence-electron chi connectivity index (χ4n) is 2.40. The SMILES string of the molecule is O=S(=O)(NC(CO)C(c1ccccc1)C(F)(F)F)c1ccc(Cl)cc1. The van der Waals surface area contributed by atoms with Crippen molar-refractivity contribution >= 4 is 21.6 Å². The number of sulfonamides is 1. The molecule has 0 fully saturated rings. The summed E-state index contributed by atoms with van der Waals surface area (Å²) in [5, 5.41) is 9.71. The van der Waals surface area contributed by atoms with Gasteiger partial charge in [-0.3, -0.25) is 0 Å². The van der Waals surface area contributed by atoms with Crippen LogP contribution in [0.25, 0.3) is 0 Å². The zero-order valence-electron chi connectivity index (χ0n) is 12.7. The Kier molecular flexibility index (Phi) is 6.10. The van der Waals surface area contributed by atoms with Crippen LogP contribution < -0.4 is 4.72 Å². The Morgan fingerprint density at radius 3 is 2.08 bits per heavy atom. The van der Waals surface area contributed by atoms with Gasteiger partial charge in [-0.15, -0.1) is 0 Å². The lowest BCUT2D eigenvalue weighted by molar-refractivity contribution is -0.158. The van der Waals surface area contributed by atoms with Gasteiger partial charge < -0.3 is 5.11 Å². The fraction of sp³-hybridized carbons (Fsp3) is 0.250. The number of rotatable bonds is 6. The van der Waals surface area contributed by atoms with E-state index in [4.69, 9.17) is 11.6 Å². The molecule has 0 aromatic heterocycles. The van der Waals surface area contributed by atoms with Gasteiger partial charge in [0.1, 0.15) is 0 Å². The number of hydrogen-bond acceptors (Lipinski definition) is 3. The van der Waals surface area contributed by atoms with Gasteiger partial charge in [0.15, 0.2) is 0 Å². The van der Waals surface area contributed by atoms with Crippen molar-refractivity contribution in [2.45, 2.75) is 23.0 Å². The molecular formula is C16H15ClF3NO3S. The van der Waals surface area contributed by atoms with Crippen molar-refractivity contribution in [3.8, 4) is 0 Å². The largest absolute Gasteiger partial charge is 0.397 e. The minimum Gasteiger partial charge on any atom is -0.395 e. The van der Waals surface area contributed by atoms with Crippen molar-refractivity contribution in [1.82, 2.24) is 4.72 Å². The molecule has 0 aliphatic heterocycles. The molecule has 25 heavy (non-hydrogen) atoms. The van der Waals surface area contributed by atoms with Crippen LogP contribution in [0.4, 0.5) is 13.2 Å². The van der Waals surface area contributed by atoms with Crippen molar-refractivity contribution in [2.24, 2.45) is 0 Å². The number of benzene rings is 2. The Morgan fingerprint density at radius 2 is 1.60 bits per heavy atom. The lowest BCUT2D eigenvalue weighted by atomic mass is 9.92. The van der Waals surface area contributed by atoms with Crippen molar-refractivity contribution in [2.75, 3.05) is 6.61 Å². The molecule has 2 rings (SSSR count). The predicted molar refractivity (Wildman–Crippen MR) is 87.9 cm³/mol. The van der Waals surface area contributed by atoms with Crippen LogP contribution in [0, 0.1) is 0 Å². The minimum absolute atomic E-state index is 0.146. The Morgan fingerprint density at radius 1 is 1.04 bits per heavy atom. The lowest BCUT2D eigenvalue weighted by Crippen LogP contribution is -2.46. The smallest absolute Gasteiger partial charge is 0.395 e. The highest BCUT2D eigenvalue weighted by Crippen LogP contribution is 2.37. The summed E-state index contributed by atoms with van der Waals surface area (Å²) in [5.74, 6) is -2.19. The van der Waals surface area contributed by atoms with Gasteiger partial charge in [0.25, 0.3) is 0 Å². The van der Waals surface area contributed by atoms with Crippen molar-refractivity contribution < 1.29 is 26.7 Å². The second kappa shape index (κ2) is 7.74. The first-order valence-electron chi connectivity index (χ1n) is 7.15. The number of aliphatic hydroxyl groups excluding tert-OH is 1. The average Bonchev–Trinajstić information content (AvgIpc) is 2.54. The molecule has 0 saturated heterocycles. The molecule has 136 valence electrons. The van der Waals surface area contributed by atoms with Crippen molar-refractivity contribution in [3.05, 3.63) is 65.2 Å². The summed E-state index contributed by atoms with van der Waals surface area (Å²) in [6.07, 6.45) is -4.75. The van der Waals surface area contributed by atoms with Gasteiger partial charge >= 0.3 is 6.18 Å². The summed E-state index contributed by atoms with van der Waals surface area (Å²) in [4.78, 5) is -0.246. The molecule has 0 spiro atoms. The van der Waals surface area contributed by atoms with Gasteiger partial charge in [-0.1, -0.05) is 41.9 Å². The molecule has 9 heteroatoms. The molecule has 0 aliphatic rings. The quantitative estimate of drug-likeness (QED) is 0.791. The van der Waals surface area contributed by atoms with E-state index in [0.29, 0.717) is 0 Å². The molecule has 2 unspecified atom stereocenters. The van der Waals surface area contributed by atoms with E-state index < -0.39 is 34.8 Å². The van der Waals surface area contributed by atoms with Gasteiger partial charge in [0.2, 0.25) is 10.0 Å². The van der Waals surface area contributed by atoms with Crippen LogP contribution in [-0.4, -0.2) is 32.3 Å². The monoisotopic (exact) mass is 393 g/mol. The maximum Gasteiger partial charge on any atom is 0.397 e. The lowest BCUT2D eigenvalue weighted by Gasteiger charge is -2.28. The van der Waals surface area contributed by atoms with Gasteiger partial charge in [0, 0.05) is 5.02 Å². The topological polar surface area (TPSA) is 66.4 Å². The van der Waals surface area contributed by atoms with E-state index in [2.05, 4.69) is 0 Å². The van der Waals surface area contributed by atoms with Gasteiger partial charge in [0.05, 0.1) is 23.5 Å². The maximum atomic E-state index is 13.5. The zero-order valence-corrected chi connectivity index (χ0v) is 14.3. The molecule has 2 atom stereocenters. The van der Waals surface area contributed by atoms with E-state index in [0.717, 1.165) is 0 Å². The molecule has 2 aromatic carbocycles. The van der Waals surface area contributed by atoms with Gasteiger partial charge in [-0.2, -0.15) is 13.2 Å². The standard InChI is InChI=1S/C16H15ClF3NO3S/c17-12-6-8-13(9-7-12)25(23,24)21-14(10-22)15(16(18,19)20)11-4-2-1-3-5-11/h1-9,14-15,21-22H,10H2. The summed E-state index contributed by atoms with van der Waals surface area (Å²) in [7, 11) is -4.27. The van der Waals surface area contributed by atoms with Gasteiger partial charge in [-0.05, 0) is 29.8 Å². The highest BCUT2D eigenvalue weighted by molar-refractivity contribution is 7.89. The van der Waals surface area contributed by atoms with Crippen LogP contribution >= 0.6 is 11.6 Å². The number of aliphatic hydroxyl groups is 1. The first-order chi connectivity index (χ1) is 11.6. The number of halogens is 4. The van der Waals surface area contributed by atoms with Crippen LogP contribution in [0.15, 0.2) is 59.5 Å². The highest BCUT2D eigenvalue weighted by Gasteiger charge is 2.46. The Hall–Kier alpha value is -1.61. The normalized spacial score (nSPS) is 14.9. The van der Waals surface area contributed by atoms with Crippen molar-refractivity contribution in [1.29, 1.82) is 0 Å². The van der Waals surface area contributed by atoms with Crippen LogP contribution in [0.2, 0.25) is 5.02 Å². The summed E-state index contributed by atoms with van der Waals surface area (Å²) < 4.78 is 67.2. The first kappa shape index (κ1) is 19.7. The van der Waals surface area contributed by atoms with E-state index in [-0.39, 0.29) is 15.5 Å². The molecule has 4 nitrogen and oxygen atoms in total. The fourth-order valence-corrected chi connectivity index (χ4v) is 3.77. The third-order valence-electron chi connectivity index (χ3n) is 3.54. The summed E-state index contributed by atoms with van der Waals surface area (Å²) in [6, 6.07) is 10.0. The Labute approximate surface area is 148 Å². The Balaban J connectivity index is 2.37. The van der Waals surface area contributed by atoms with E-state index in [1.54, 1.807) is 6.07 Å². The van der Waals surface area contributed by atoms with E-state index in [1.165, 1.54) is 48.5 Å². The highest BCUT2D eigenvalue weighted by atomic mass is 35.5. The van der Waals surface area contributed by atoms with E-state index in [9.17, 15) is 26.7 Å². The molecule has 0 saturated carbocycles. The van der Waals surface area contributed by atoms with Crippen LogP contribution in [0.5, 0.6) is 0 Å². The van der Waals surface area contributed by atoms with Crippen LogP contribution in [0.3, 0.4) is 0 Å². The zero-order chi connectivity index (χ0) is 18.7. The van der Waals surface area contributed by atoms with Crippen molar-refractivity contribution in [3.63, 3.8) is 0 Å². The summed E-state index contributed by atoms with van der Waals surface area (Å²) >= 11 is 5.68. The minimum atomic E-state index is -4.75. The van der Waals surface area contributed by atoms with Gasteiger partial charge in [-0.25, -0.2) is 13.1 Å². The molecule has 0 aliphatic carbocycles. The average molecular weight is 394 g/mol. The molecular weight excluding hydrogens is 379 g/mol. The number of nitrogens with one attached hydrogen (secondary N) is 1. The predicted octanol–water partition coefficient (Wildman–Crippen LogP) is 3.33. The number of hydrogen-bond donors (Lipinski definition) is 2. The maximum absolute atomic E-state index is 13.5. The first-order valence-corrected chi connectivity index (χ1v) is 9.01. The third-order valence-corrected chi connectivity index (χ3v) is 5.30. The van der Waals surface area contributed by atoms with Crippen LogP contribution in [0.1, 0.15) is 11.5 Å². The molecule has 0 amide bonds. The second-order valence-electron chi connectivity index (χ2n) is 5.29. The van der Waals surface area contributed by atoms with E-state index >= 15 is 0 Å². The van der Waals surface area contributed by atoms with E-state index in [1.807, 2.05) is 4.72 Å².